The average molecular weight is 173 g/mol. The molecule has 0 fully saturated rings. The standard InChI is InChI=1S/C10H11N3/c1-7(2)10-8-4-3-5-11-9(8)6-12-13-10/h3-7H,1-2H3. The lowest BCUT2D eigenvalue weighted by molar-refractivity contribution is 0.798. The zero-order valence-corrected chi connectivity index (χ0v) is 7.73. The van der Waals surface area contributed by atoms with Gasteiger partial charge in [-0.3, -0.25) is 4.98 Å². The number of pyridine rings is 1. The third-order valence-corrected chi connectivity index (χ3v) is 2.01. The van der Waals surface area contributed by atoms with Crippen LogP contribution < -0.4 is 0 Å². The molecule has 0 bridgehead atoms. The van der Waals surface area contributed by atoms with Gasteiger partial charge in [-0.2, -0.15) is 10.2 Å². The largest absolute Gasteiger partial charge is 0.254 e. The van der Waals surface area contributed by atoms with Crippen LogP contribution in [0.1, 0.15) is 25.5 Å². The van der Waals surface area contributed by atoms with E-state index in [9.17, 15) is 0 Å². The zero-order chi connectivity index (χ0) is 9.26. The molecule has 0 aliphatic heterocycles. The molecule has 2 aromatic rings. The number of hydrogen-bond acceptors (Lipinski definition) is 3. The second kappa shape index (κ2) is 3.09. The number of fused-ring (bicyclic) bond motifs is 1. The molecule has 0 atom stereocenters. The molecule has 0 aliphatic rings. The second-order valence-electron chi connectivity index (χ2n) is 3.32. The summed E-state index contributed by atoms with van der Waals surface area (Å²) in [7, 11) is 0. The third-order valence-electron chi connectivity index (χ3n) is 2.01. The molecule has 66 valence electrons. The summed E-state index contributed by atoms with van der Waals surface area (Å²) >= 11 is 0. The molecule has 13 heavy (non-hydrogen) atoms. The summed E-state index contributed by atoms with van der Waals surface area (Å²) in [5, 5.41) is 9.14. The second-order valence-corrected chi connectivity index (χ2v) is 3.32. The van der Waals surface area contributed by atoms with Gasteiger partial charge in [-0.25, -0.2) is 0 Å². The van der Waals surface area contributed by atoms with Crippen molar-refractivity contribution in [2.24, 2.45) is 0 Å². The van der Waals surface area contributed by atoms with Crippen LogP contribution in [-0.4, -0.2) is 15.2 Å². The maximum atomic E-state index is 4.22. The van der Waals surface area contributed by atoms with E-state index in [4.69, 9.17) is 0 Å². The Labute approximate surface area is 76.8 Å². The minimum atomic E-state index is 0.389. The average Bonchev–Trinajstić information content (AvgIpc) is 2.17. The Balaban J connectivity index is 2.76. The Bertz CT molecular complexity index is 418. The number of rotatable bonds is 1. The quantitative estimate of drug-likeness (QED) is 0.663. The highest BCUT2D eigenvalue weighted by Gasteiger charge is 2.06. The fourth-order valence-electron chi connectivity index (χ4n) is 1.36. The van der Waals surface area contributed by atoms with E-state index in [0.29, 0.717) is 5.92 Å². The minimum absolute atomic E-state index is 0.389. The summed E-state index contributed by atoms with van der Waals surface area (Å²) in [5.41, 5.74) is 1.94. The van der Waals surface area contributed by atoms with Gasteiger partial charge in [0.25, 0.3) is 0 Å². The van der Waals surface area contributed by atoms with Gasteiger partial charge < -0.3 is 0 Å². The van der Waals surface area contributed by atoms with Gasteiger partial charge >= 0.3 is 0 Å². The van der Waals surface area contributed by atoms with Crippen molar-refractivity contribution in [3.05, 3.63) is 30.2 Å². The summed E-state index contributed by atoms with van der Waals surface area (Å²) < 4.78 is 0. The van der Waals surface area contributed by atoms with Crippen molar-refractivity contribution < 1.29 is 0 Å². The predicted molar refractivity (Wildman–Crippen MR) is 51.4 cm³/mol. The molecule has 3 heteroatoms. The van der Waals surface area contributed by atoms with Gasteiger partial charge in [-0.05, 0) is 18.1 Å². The zero-order valence-electron chi connectivity index (χ0n) is 7.73. The molecule has 0 aliphatic carbocycles. The van der Waals surface area contributed by atoms with Gasteiger partial charge in [0.15, 0.2) is 0 Å². The topological polar surface area (TPSA) is 38.7 Å². The molecule has 0 N–H and O–H groups in total. The van der Waals surface area contributed by atoms with E-state index in [2.05, 4.69) is 29.0 Å². The highest BCUT2D eigenvalue weighted by Crippen LogP contribution is 2.19. The molecular formula is C10H11N3. The molecule has 2 heterocycles. The van der Waals surface area contributed by atoms with Crippen LogP contribution in [-0.2, 0) is 0 Å². The van der Waals surface area contributed by atoms with Crippen molar-refractivity contribution in [1.82, 2.24) is 15.2 Å². The predicted octanol–water partition coefficient (Wildman–Crippen LogP) is 2.15. The van der Waals surface area contributed by atoms with Gasteiger partial charge in [-0.15, -0.1) is 0 Å². The fourth-order valence-corrected chi connectivity index (χ4v) is 1.36. The van der Waals surface area contributed by atoms with E-state index in [-0.39, 0.29) is 0 Å². The van der Waals surface area contributed by atoms with Crippen LogP contribution in [0.2, 0.25) is 0 Å². The summed E-state index contributed by atoms with van der Waals surface area (Å²) in [6.45, 7) is 4.22. The first-order valence-electron chi connectivity index (χ1n) is 4.35. The first-order chi connectivity index (χ1) is 6.29. The lowest BCUT2D eigenvalue weighted by Gasteiger charge is -2.05. The van der Waals surface area contributed by atoms with Gasteiger partial charge in [0.05, 0.1) is 17.4 Å². The van der Waals surface area contributed by atoms with E-state index in [1.165, 1.54) is 0 Å². The highest BCUT2D eigenvalue weighted by atomic mass is 15.1. The van der Waals surface area contributed by atoms with Crippen LogP contribution in [0.15, 0.2) is 24.5 Å². The monoisotopic (exact) mass is 173 g/mol. The first-order valence-corrected chi connectivity index (χ1v) is 4.35. The van der Waals surface area contributed by atoms with Crippen molar-refractivity contribution in [2.75, 3.05) is 0 Å². The Morgan fingerprint density at radius 3 is 2.92 bits per heavy atom. The molecule has 2 rings (SSSR count). The van der Waals surface area contributed by atoms with E-state index >= 15 is 0 Å². The van der Waals surface area contributed by atoms with Gasteiger partial charge in [0.1, 0.15) is 0 Å². The van der Waals surface area contributed by atoms with Gasteiger partial charge in [0, 0.05) is 11.6 Å². The lowest BCUT2D eigenvalue weighted by atomic mass is 10.1. The SMILES string of the molecule is CC(C)c1nncc2ncccc12. The van der Waals surface area contributed by atoms with Crippen LogP contribution in [0, 0.1) is 0 Å². The fraction of sp³-hybridized carbons (Fsp3) is 0.300. The highest BCUT2D eigenvalue weighted by molar-refractivity contribution is 5.79. The summed E-state index contributed by atoms with van der Waals surface area (Å²) in [6, 6.07) is 3.96. The van der Waals surface area contributed by atoms with Crippen molar-refractivity contribution in [3.63, 3.8) is 0 Å². The van der Waals surface area contributed by atoms with E-state index in [0.717, 1.165) is 16.6 Å². The molecule has 0 saturated carbocycles. The molecular weight excluding hydrogens is 162 g/mol. The van der Waals surface area contributed by atoms with Crippen LogP contribution in [0.4, 0.5) is 0 Å². The van der Waals surface area contributed by atoms with Crippen molar-refractivity contribution in [3.8, 4) is 0 Å². The van der Waals surface area contributed by atoms with Crippen LogP contribution in [0.25, 0.3) is 10.9 Å². The van der Waals surface area contributed by atoms with Crippen LogP contribution in [0.3, 0.4) is 0 Å². The Hall–Kier alpha value is -1.51. The van der Waals surface area contributed by atoms with Crippen molar-refractivity contribution in [2.45, 2.75) is 19.8 Å². The van der Waals surface area contributed by atoms with Crippen LogP contribution >= 0.6 is 0 Å². The summed E-state index contributed by atoms with van der Waals surface area (Å²) in [6.07, 6.45) is 3.47. The van der Waals surface area contributed by atoms with Crippen molar-refractivity contribution >= 4 is 10.9 Å². The Morgan fingerprint density at radius 2 is 2.15 bits per heavy atom. The molecule has 0 radical (unpaired) electrons. The summed E-state index contributed by atoms with van der Waals surface area (Å²) in [4.78, 5) is 4.22. The van der Waals surface area contributed by atoms with Gasteiger partial charge in [-0.1, -0.05) is 13.8 Å². The molecule has 0 aromatic carbocycles. The maximum absolute atomic E-state index is 4.22. The molecule has 0 amide bonds. The van der Waals surface area contributed by atoms with E-state index in [1.807, 2.05) is 12.1 Å². The Morgan fingerprint density at radius 1 is 1.31 bits per heavy atom. The molecule has 3 nitrogen and oxygen atoms in total. The smallest absolute Gasteiger partial charge is 0.0922 e. The molecule has 0 unspecified atom stereocenters. The number of nitrogens with zero attached hydrogens (tertiary/aromatic N) is 3. The number of aromatic nitrogens is 3. The normalized spacial score (nSPS) is 11.0. The molecule has 2 aromatic heterocycles. The summed E-state index contributed by atoms with van der Waals surface area (Å²) in [5.74, 6) is 0.389. The van der Waals surface area contributed by atoms with E-state index in [1.54, 1.807) is 12.4 Å². The minimum Gasteiger partial charge on any atom is -0.254 e. The molecule has 0 saturated heterocycles. The Kier molecular flexibility index (Phi) is 1.93. The van der Waals surface area contributed by atoms with Crippen LogP contribution in [0.5, 0.6) is 0 Å². The first kappa shape index (κ1) is 8.10. The third kappa shape index (κ3) is 1.37. The van der Waals surface area contributed by atoms with E-state index < -0.39 is 0 Å². The lowest BCUT2D eigenvalue weighted by Crippen LogP contribution is -1.96. The number of hydrogen-bond donors (Lipinski definition) is 0. The molecule has 0 spiro atoms. The van der Waals surface area contributed by atoms with Gasteiger partial charge in [0.2, 0.25) is 0 Å². The van der Waals surface area contributed by atoms with Crippen molar-refractivity contribution in [1.29, 1.82) is 0 Å². The maximum Gasteiger partial charge on any atom is 0.0922 e.